The summed E-state index contributed by atoms with van der Waals surface area (Å²) < 4.78 is 4.83. The minimum absolute atomic E-state index is 0.00206. The highest BCUT2D eigenvalue weighted by Gasteiger charge is 2.41. The molecule has 0 saturated heterocycles. The Morgan fingerprint density at radius 1 is 1.29 bits per heavy atom. The third-order valence-corrected chi connectivity index (χ3v) is 3.56. The van der Waals surface area contributed by atoms with Gasteiger partial charge in [0.15, 0.2) is 0 Å². The number of anilines is 1. The highest BCUT2D eigenvalue weighted by molar-refractivity contribution is 6.09. The van der Waals surface area contributed by atoms with Crippen LogP contribution >= 0.6 is 0 Å². The van der Waals surface area contributed by atoms with E-state index in [1.165, 1.54) is 7.11 Å². The smallest absolute Gasteiger partial charge is 0.338 e. The second-order valence-electron chi connectivity index (χ2n) is 5.25. The van der Waals surface area contributed by atoms with E-state index in [0.29, 0.717) is 11.3 Å². The molecule has 1 aromatic rings. The number of rotatable bonds is 4. The molecule has 5 nitrogen and oxygen atoms in total. The molecule has 2 rings (SSSR count). The van der Waals surface area contributed by atoms with Gasteiger partial charge >= 0.3 is 5.97 Å². The van der Waals surface area contributed by atoms with Gasteiger partial charge in [0, 0.05) is 11.7 Å². The molecular weight excluding hydrogens is 268 g/mol. The van der Waals surface area contributed by atoms with Crippen molar-refractivity contribution < 1.29 is 14.3 Å². The molecule has 0 fully saturated rings. The lowest BCUT2D eigenvalue weighted by Crippen LogP contribution is -2.40. The van der Waals surface area contributed by atoms with Crippen molar-refractivity contribution in [3.8, 4) is 0 Å². The molecule has 0 aromatic heterocycles. The minimum atomic E-state index is -0.475. The van der Waals surface area contributed by atoms with Gasteiger partial charge in [-0.15, -0.1) is 0 Å². The third-order valence-electron chi connectivity index (χ3n) is 3.56. The zero-order valence-corrected chi connectivity index (χ0v) is 12.7. The molecule has 112 valence electrons. The van der Waals surface area contributed by atoms with Crippen LogP contribution in [0.15, 0.2) is 41.6 Å². The molecule has 0 aliphatic carbocycles. The summed E-state index contributed by atoms with van der Waals surface area (Å²) in [5, 5.41) is 3.06. The van der Waals surface area contributed by atoms with Crippen LogP contribution in [0.25, 0.3) is 0 Å². The highest BCUT2D eigenvalue weighted by atomic mass is 16.5. The SMILES string of the molecule is COC(=O)C1=C(Nc2ccccc2)C(=O)N(C(C)C)C1C. The van der Waals surface area contributed by atoms with E-state index in [1.54, 1.807) is 4.90 Å². The van der Waals surface area contributed by atoms with Gasteiger partial charge in [0.2, 0.25) is 0 Å². The average Bonchev–Trinajstić information content (AvgIpc) is 2.70. The van der Waals surface area contributed by atoms with Crippen LogP contribution in [-0.2, 0) is 14.3 Å². The Balaban J connectivity index is 2.42. The summed E-state index contributed by atoms with van der Waals surface area (Å²) in [4.78, 5) is 26.3. The molecule has 21 heavy (non-hydrogen) atoms. The van der Waals surface area contributed by atoms with Crippen LogP contribution in [0.5, 0.6) is 0 Å². The molecule has 1 atom stereocenters. The Hall–Kier alpha value is -2.30. The predicted octanol–water partition coefficient (Wildman–Crippen LogP) is 2.16. The van der Waals surface area contributed by atoms with E-state index in [0.717, 1.165) is 5.69 Å². The Labute approximate surface area is 124 Å². The molecule has 1 aliphatic heterocycles. The van der Waals surface area contributed by atoms with Crippen molar-refractivity contribution in [3.05, 3.63) is 41.6 Å². The van der Waals surface area contributed by atoms with E-state index in [-0.39, 0.29) is 18.0 Å². The first-order valence-electron chi connectivity index (χ1n) is 6.94. The maximum absolute atomic E-state index is 12.6. The number of hydrogen-bond acceptors (Lipinski definition) is 4. The fourth-order valence-corrected chi connectivity index (χ4v) is 2.62. The van der Waals surface area contributed by atoms with Crippen LogP contribution in [0.2, 0.25) is 0 Å². The lowest BCUT2D eigenvalue weighted by atomic mass is 10.1. The number of ether oxygens (including phenoxy) is 1. The van der Waals surface area contributed by atoms with Gasteiger partial charge in [0.1, 0.15) is 5.70 Å². The number of carbonyl (C=O) groups excluding carboxylic acids is 2. The summed E-state index contributed by atoms with van der Waals surface area (Å²) in [5.41, 5.74) is 1.44. The summed E-state index contributed by atoms with van der Waals surface area (Å²) in [6, 6.07) is 9.00. The molecule has 0 spiro atoms. The highest BCUT2D eigenvalue weighted by Crippen LogP contribution is 2.29. The molecule has 0 radical (unpaired) electrons. The van der Waals surface area contributed by atoms with Crippen LogP contribution in [0.1, 0.15) is 20.8 Å². The van der Waals surface area contributed by atoms with Crippen LogP contribution < -0.4 is 5.32 Å². The van der Waals surface area contributed by atoms with Gasteiger partial charge in [-0.1, -0.05) is 18.2 Å². The molecule has 1 aliphatic rings. The van der Waals surface area contributed by atoms with Gasteiger partial charge < -0.3 is 15.0 Å². The Morgan fingerprint density at radius 2 is 1.90 bits per heavy atom. The van der Waals surface area contributed by atoms with Crippen molar-refractivity contribution in [2.75, 3.05) is 12.4 Å². The van der Waals surface area contributed by atoms with Crippen molar-refractivity contribution >= 4 is 17.6 Å². The third kappa shape index (κ3) is 2.77. The Bertz CT molecular complexity index is 578. The lowest BCUT2D eigenvalue weighted by Gasteiger charge is -2.27. The second-order valence-corrected chi connectivity index (χ2v) is 5.25. The van der Waals surface area contributed by atoms with Crippen LogP contribution in [-0.4, -0.2) is 36.0 Å². The lowest BCUT2D eigenvalue weighted by molar-refractivity contribution is -0.136. The quantitative estimate of drug-likeness (QED) is 0.863. The topological polar surface area (TPSA) is 58.6 Å². The molecule has 1 amide bonds. The van der Waals surface area contributed by atoms with Crippen molar-refractivity contribution in [3.63, 3.8) is 0 Å². The number of carbonyl (C=O) groups is 2. The van der Waals surface area contributed by atoms with Crippen LogP contribution in [0, 0.1) is 0 Å². The molecule has 0 saturated carbocycles. The number of nitrogens with zero attached hydrogens (tertiary/aromatic N) is 1. The van der Waals surface area contributed by atoms with Gasteiger partial charge in [0.05, 0.1) is 18.7 Å². The molecule has 5 heteroatoms. The fraction of sp³-hybridized carbons (Fsp3) is 0.375. The number of esters is 1. The molecule has 1 aromatic carbocycles. The number of benzene rings is 1. The van der Waals surface area contributed by atoms with Crippen LogP contribution in [0.4, 0.5) is 5.69 Å². The zero-order chi connectivity index (χ0) is 15.6. The van der Waals surface area contributed by atoms with E-state index < -0.39 is 5.97 Å². The van der Waals surface area contributed by atoms with Gasteiger partial charge in [-0.25, -0.2) is 4.79 Å². The van der Waals surface area contributed by atoms with Crippen LogP contribution in [0.3, 0.4) is 0 Å². The number of para-hydroxylation sites is 1. The predicted molar refractivity (Wildman–Crippen MR) is 80.6 cm³/mol. The van der Waals surface area contributed by atoms with Crippen molar-refractivity contribution in [1.29, 1.82) is 0 Å². The van der Waals surface area contributed by atoms with E-state index in [2.05, 4.69) is 5.32 Å². The van der Waals surface area contributed by atoms with E-state index >= 15 is 0 Å². The van der Waals surface area contributed by atoms with Gasteiger partial charge in [0.25, 0.3) is 5.91 Å². The Morgan fingerprint density at radius 3 is 2.43 bits per heavy atom. The Kier molecular flexibility index (Phi) is 4.31. The normalized spacial score (nSPS) is 18.4. The van der Waals surface area contributed by atoms with Gasteiger partial charge in [-0.2, -0.15) is 0 Å². The van der Waals surface area contributed by atoms with Gasteiger partial charge in [-0.05, 0) is 32.9 Å². The molecule has 1 unspecified atom stereocenters. The molecule has 1 heterocycles. The monoisotopic (exact) mass is 288 g/mol. The minimum Gasteiger partial charge on any atom is -0.466 e. The van der Waals surface area contributed by atoms with Crippen molar-refractivity contribution in [2.24, 2.45) is 0 Å². The first-order chi connectivity index (χ1) is 9.97. The first-order valence-corrected chi connectivity index (χ1v) is 6.94. The molecular formula is C16H20N2O3. The maximum Gasteiger partial charge on any atom is 0.338 e. The number of nitrogens with one attached hydrogen (secondary N) is 1. The average molecular weight is 288 g/mol. The summed E-state index contributed by atoms with van der Waals surface area (Å²) in [5.74, 6) is -0.654. The van der Waals surface area contributed by atoms with Gasteiger partial charge in [-0.3, -0.25) is 4.79 Å². The fourth-order valence-electron chi connectivity index (χ4n) is 2.62. The number of hydrogen-bond donors (Lipinski definition) is 1. The molecule has 0 bridgehead atoms. The standard InChI is InChI=1S/C16H20N2O3/c1-10(2)18-11(3)13(16(20)21-4)14(15(18)19)17-12-8-6-5-7-9-12/h5-11,17H,1-4H3. The maximum atomic E-state index is 12.6. The largest absolute Gasteiger partial charge is 0.466 e. The van der Waals surface area contributed by atoms with E-state index in [4.69, 9.17) is 4.74 Å². The number of methoxy groups -OCH3 is 1. The summed E-state index contributed by atoms with van der Waals surface area (Å²) in [6.45, 7) is 5.69. The summed E-state index contributed by atoms with van der Waals surface area (Å²) in [6.07, 6.45) is 0. The van der Waals surface area contributed by atoms with Crippen molar-refractivity contribution in [1.82, 2.24) is 4.90 Å². The second kappa shape index (κ2) is 5.99. The van der Waals surface area contributed by atoms with Crippen molar-refractivity contribution in [2.45, 2.75) is 32.9 Å². The summed E-state index contributed by atoms with van der Waals surface area (Å²) in [7, 11) is 1.32. The molecule has 1 N–H and O–H groups in total. The number of amides is 1. The zero-order valence-electron chi connectivity index (χ0n) is 12.7. The summed E-state index contributed by atoms with van der Waals surface area (Å²) >= 11 is 0. The van der Waals surface area contributed by atoms with E-state index in [9.17, 15) is 9.59 Å². The van der Waals surface area contributed by atoms with E-state index in [1.807, 2.05) is 51.1 Å². The first kappa shape index (κ1) is 15.1.